The van der Waals surface area contributed by atoms with Gasteiger partial charge in [-0.25, -0.2) is 19.9 Å². The largest absolute Gasteiger partial charge is 0.424 e. The first-order valence-electron chi connectivity index (χ1n) is 11.3. The maximum atomic E-state index is 11.7. The van der Waals surface area contributed by atoms with Crippen molar-refractivity contribution in [3.8, 4) is 34.1 Å². The Kier molecular flexibility index (Phi) is 5.15. The smallest absolute Gasteiger partial charge is 0.321 e. The molecule has 1 amide bonds. The summed E-state index contributed by atoms with van der Waals surface area (Å²) < 4.78 is 7.96. The van der Waals surface area contributed by atoms with Gasteiger partial charge in [0.05, 0.1) is 11.1 Å². The highest BCUT2D eigenvalue weighted by Crippen LogP contribution is 2.45. The van der Waals surface area contributed by atoms with E-state index < -0.39 is 0 Å². The third kappa shape index (κ3) is 3.63. The fraction of sp³-hybridized carbons (Fsp3) is 0.0741. The summed E-state index contributed by atoms with van der Waals surface area (Å²) in [6, 6.07) is 15.7. The van der Waals surface area contributed by atoms with Crippen molar-refractivity contribution in [1.29, 1.82) is 0 Å². The van der Waals surface area contributed by atoms with Gasteiger partial charge in [0.2, 0.25) is 5.91 Å². The van der Waals surface area contributed by atoms with Crippen molar-refractivity contribution < 1.29 is 9.53 Å². The molecule has 9 heteroatoms. The number of carbonyl (C=O) groups excluding carboxylic acids is 1. The molecule has 0 unspecified atom stereocenters. The third-order valence-electron chi connectivity index (χ3n) is 6.12. The first-order chi connectivity index (χ1) is 17.6. The van der Waals surface area contributed by atoms with Gasteiger partial charge in [0.1, 0.15) is 23.5 Å². The van der Waals surface area contributed by atoms with E-state index in [1.807, 2.05) is 49.5 Å². The molecule has 4 heterocycles. The Morgan fingerprint density at radius 3 is 2.69 bits per heavy atom. The average Bonchev–Trinajstić information content (AvgIpc) is 3.10. The summed E-state index contributed by atoms with van der Waals surface area (Å²) in [6.07, 6.45) is 6.11. The van der Waals surface area contributed by atoms with Gasteiger partial charge >= 0.3 is 6.01 Å². The molecule has 176 valence electrons. The molecule has 0 atom stereocenters. The van der Waals surface area contributed by atoms with Gasteiger partial charge in [0.25, 0.3) is 0 Å². The van der Waals surface area contributed by atoms with E-state index in [-0.39, 0.29) is 5.91 Å². The second-order valence-electron chi connectivity index (χ2n) is 8.28. The predicted molar refractivity (Wildman–Crippen MR) is 138 cm³/mol. The lowest BCUT2D eigenvalue weighted by Crippen LogP contribution is -2.07. The molecule has 0 radical (unpaired) electrons. The van der Waals surface area contributed by atoms with Gasteiger partial charge in [-0.15, -0.1) is 0 Å². The molecule has 0 aliphatic carbocycles. The molecule has 0 fully saturated rings. The monoisotopic (exact) mass is 475 g/mol. The van der Waals surface area contributed by atoms with Gasteiger partial charge in [0, 0.05) is 37.2 Å². The number of benzene rings is 2. The van der Waals surface area contributed by atoms with E-state index in [9.17, 15) is 4.79 Å². The summed E-state index contributed by atoms with van der Waals surface area (Å²) >= 11 is 0. The van der Waals surface area contributed by atoms with E-state index >= 15 is 0 Å². The molecule has 36 heavy (non-hydrogen) atoms. The number of nitrogens with zero attached hydrogens (tertiary/aromatic N) is 5. The number of hydrogen-bond acceptors (Lipinski definition) is 7. The number of amides is 1. The summed E-state index contributed by atoms with van der Waals surface area (Å²) in [6.45, 7) is 4.07. The van der Waals surface area contributed by atoms with Crippen LogP contribution in [0.3, 0.4) is 0 Å². The van der Waals surface area contributed by atoms with Gasteiger partial charge in [-0.05, 0) is 53.1 Å². The van der Waals surface area contributed by atoms with E-state index in [1.54, 1.807) is 24.8 Å². The lowest BCUT2D eigenvalue weighted by Gasteiger charge is -2.13. The molecule has 0 bridgehead atoms. The molecule has 6 rings (SSSR count). The average molecular weight is 476 g/mol. The minimum Gasteiger partial charge on any atom is -0.424 e. The van der Waals surface area contributed by atoms with E-state index in [4.69, 9.17) is 4.74 Å². The second kappa shape index (κ2) is 8.62. The molecule has 3 aromatic heterocycles. The molecule has 5 aromatic rings. The van der Waals surface area contributed by atoms with Crippen LogP contribution in [0.15, 0.2) is 79.9 Å². The number of aryl methyl sites for hydroxylation is 1. The summed E-state index contributed by atoms with van der Waals surface area (Å²) in [4.78, 5) is 29.1. The quantitative estimate of drug-likeness (QED) is 0.347. The lowest BCUT2D eigenvalue weighted by molar-refractivity contribution is -0.111. The standard InChI is InChI=1S/C27H21N7O2/c1-3-21(35)33-18-7-5-16(6-8-18)24-22-20-10-9-19(36-27-28-11-4-12-29-27)13-17(20)14-30-25-23(22)26(34(24)2)32-15-31-25/h3-13,15H,1,14H2,2H3,(H,33,35)(H,30,31,32). The van der Waals surface area contributed by atoms with Crippen LogP contribution in [0.1, 0.15) is 5.56 Å². The first kappa shape index (κ1) is 21.5. The van der Waals surface area contributed by atoms with Crippen LogP contribution in [-0.2, 0) is 18.4 Å². The van der Waals surface area contributed by atoms with Crippen molar-refractivity contribution >= 4 is 28.4 Å². The molecule has 1 aliphatic rings. The van der Waals surface area contributed by atoms with Gasteiger partial charge in [-0.2, -0.15) is 0 Å². The maximum absolute atomic E-state index is 11.7. The van der Waals surface area contributed by atoms with Gasteiger partial charge in [-0.3, -0.25) is 4.79 Å². The number of hydrogen-bond donors (Lipinski definition) is 2. The Bertz CT molecular complexity index is 1630. The van der Waals surface area contributed by atoms with Crippen LogP contribution in [0, 0.1) is 0 Å². The zero-order chi connectivity index (χ0) is 24.6. The fourth-order valence-corrected chi connectivity index (χ4v) is 4.54. The SMILES string of the molecule is C=CC(=O)Nc1ccc(-c2c3c4c(ncnc4n2C)NCc2cc(Oc4ncccn4)ccc2-3)cc1. The van der Waals surface area contributed by atoms with Crippen molar-refractivity contribution in [2.24, 2.45) is 7.05 Å². The maximum Gasteiger partial charge on any atom is 0.321 e. The van der Waals surface area contributed by atoms with Crippen LogP contribution in [0.2, 0.25) is 0 Å². The van der Waals surface area contributed by atoms with Gasteiger partial charge < -0.3 is 19.9 Å². The fourth-order valence-electron chi connectivity index (χ4n) is 4.54. The Hall–Kier alpha value is -5.05. The molecule has 1 aliphatic heterocycles. The minimum atomic E-state index is -0.252. The van der Waals surface area contributed by atoms with Crippen molar-refractivity contribution in [2.75, 3.05) is 10.6 Å². The van der Waals surface area contributed by atoms with E-state index in [0.717, 1.165) is 44.8 Å². The van der Waals surface area contributed by atoms with Crippen LogP contribution in [0.5, 0.6) is 11.8 Å². The highest BCUT2D eigenvalue weighted by Gasteiger charge is 2.26. The molecule has 0 saturated heterocycles. The normalized spacial score (nSPS) is 11.8. The Labute approximate surface area is 206 Å². The summed E-state index contributed by atoms with van der Waals surface area (Å²) in [5.41, 5.74) is 6.64. The molecule has 2 aromatic carbocycles. The molecular formula is C27H21N7O2. The molecule has 0 saturated carbocycles. The van der Waals surface area contributed by atoms with E-state index in [2.05, 4.69) is 41.7 Å². The van der Waals surface area contributed by atoms with Crippen molar-refractivity contribution in [2.45, 2.75) is 6.54 Å². The number of fused-ring (bicyclic) bond motifs is 2. The van der Waals surface area contributed by atoms with Crippen LogP contribution in [0.4, 0.5) is 11.5 Å². The van der Waals surface area contributed by atoms with Crippen molar-refractivity contribution in [3.63, 3.8) is 0 Å². The van der Waals surface area contributed by atoms with Crippen LogP contribution in [-0.4, -0.2) is 30.4 Å². The highest BCUT2D eigenvalue weighted by molar-refractivity contribution is 6.09. The number of aromatic nitrogens is 5. The second-order valence-corrected chi connectivity index (χ2v) is 8.28. The number of rotatable bonds is 5. The number of carbonyl (C=O) groups is 1. The summed E-state index contributed by atoms with van der Waals surface area (Å²) in [5.74, 6) is 1.17. The van der Waals surface area contributed by atoms with Crippen LogP contribution < -0.4 is 15.4 Å². The zero-order valence-electron chi connectivity index (χ0n) is 19.4. The van der Waals surface area contributed by atoms with Crippen molar-refractivity contribution in [1.82, 2.24) is 24.5 Å². The van der Waals surface area contributed by atoms with Gasteiger partial charge in [-0.1, -0.05) is 24.8 Å². The van der Waals surface area contributed by atoms with E-state index in [0.29, 0.717) is 24.0 Å². The zero-order valence-corrected chi connectivity index (χ0v) is 19.4. The Morgan fingerprint density at radius 1 is 1.11 bits per heavy atom. The molecule has 0 spiro atoms. The summed E-state index contributed by atoms with van der Waals surface area (Å²) in [5, 5.41) is 7.21. The first-order valence-corrected chi connectivity index (χ1v) is 11.3. The minimum absolute atomic E-state index is 0.252. The number of ether oxygens (including phenoxy) is 1. The van der Waals surface area contributed by atoms with Crippen LogP contribution >= 0.6 is 0 Å². The van der Waals surface area contributed by atoms with Crippen LogP contribution in [0.25, 0.3) is 33.4 Å². The number of nitrogens with one attached hydrogen (secondary N) is 2. The number of anilines is 2. The molecule has 2 N–H and O–H groups in total. The topological polar surface area (TPSA) is 107 Å². The molecular weight excluding hydrogens is 454 g/mol. The lowest BCUT2D eigenvalue weighted by atomic mass is 9.95. The van der Waals surface area contributed by atoms with Gasteiger partial charge in [0.15, 0.2) is 0 Å². The molecule has 9 nitrogen and oxygen atoms in total. The third-order valence-corrected chi connectivity index (χ3v) is 6.12. The predicted octanol–water partition coefficient (Wildman–Crippen LogP) is 4.93. The Morgan fingerprint density at radius 2 is 1.92 bits per heavy atom. The highest BCUT2D eigenvalue weighted by atomic mass is 16.5. The van der Waals surface area contributed by atoms with E-state index in [1.165, 1.54) is 6.08 Å². The van der Waals surface area contributed by atoms with Crippen molar-refractivity contribution in [3.05, 3.63) is 85.5 Å². The Balaban J connectivity index is 1.49. The summed E-state index contributed by atoms with van der Waals surface area (Å²) in [7, 11) is 2.00.